The van der Waals surface area contributed by atoms with E-state index in [1.54, 1.807) is 0 Å². The van der Waals surface area contributed by atoms with E-state index in [-0.39, 0.29) is 11.9 Å². The molecule has 2 aliphatic heterocycles. The predicted molar refractivity (Wildman–Crippen MR) is 153 cm³/mol. The Bertz CT molecular complexity index is 1400. The van der Waals surface area contributed by atoms with Gasteiger partial charge in [-0.1, -0.05) is 12.1 Å². The van der Waals surface area contributed by atoms with E-state index in [0.717, 1.165) is 85.5 Å². The van der Waals surface area contributed by atoms with Crippen LogP contribution in [0.15, 0.2) is 30.3 Å². The lowest BCUT2D eigenvalue weighted by atomic mass is 9.97. The second-order valence-electron chi connectivity index (χ2n) is 10.5. The molecule has 0 unspecified atom stereocenters. The Morgan fingerprint density at radius 1 is 1.10 bits per heavy atom. The molecule has 2 N–H and O–H groups in total. The summed E-state index contributed by atoms with van der Waals surface area (Å²) in [5.41, 5.74) is 4.84. The van der Waals surface area contributed by atoms with Crippen LogP contribution < -0.4 is 10.6 Å². The van der Waals surface area contributed by atoms with Gasteiger partial charge in [0.15, 0.2) is 5.82 Å². The van der Waals surface area contributed by atoms with Crippen molar-refractivity contribution in [3.63, 3.8) is 0 Å². The molecule has 2 saturated heterocycles. The minimum absolute atomic E-state index is 0.0460. The highest BCUT2D eigenvalue weighted by molar-refractivity contribution is 6.06. The number of fused-ring (bicyclic) bond motifs is 1. The zero-order valence-electron chi connectivity index (χ0n) is 23.3. The number of carbonyl (C=O) groups is 1. The van der Waals surface area contributed by atoms with Crippen LogP contribution in [0.25, 0.3) is 10.8 Å². The van der Waals surface area contributed by atoms with Crippen LogP contribution in [0.4, 0.5) is 11.5 Å². The number of anilines is 2. The third kappa shape index (κ3) is 5.40. The molecule has 2 fully saturated rings. The number of benzene rings is 2. The number of rotatable bonds is 6. The maximum Gasteiger partial charge on any atom is 0.255 e. The number of nitriles is 1. The van der Waals surface area contributed by atoms with E-state index in [4.69, 9.17) is 4.74 Å². The van der Waals surface area contributed by atoms with Crippen LogP contribution in [0.1, 0.15) is 58.5 Å². The van der Waals surface area contributed by atoms with Gasteiger partial charge in [0.2, 0.25) is 0 Å². The van der Waals surface area contributed by atoms with Crippen molar-refractivity contribution in [2.45, 2.75) is 45.7 Å². The summed E-state index contributed by atoms with van der Waals surface area (Å²) >= 11 is 0. The molecule has 1 atom stereocenters. The van der Waals surface area contributed by atoms with Crippen molar-refractivity contribution >= 4 is 28.2 Å². The molecular weight excluding hydrogens is 490 g/mol. The SMILES string of the molecule is CNc1cc2c(N[C@H](C)c3cccc(C#N)c3C)nnc(C)c2cc1C(=O)N1CCC(N2CCOCC2)CC1. The van der Waals surface area contributed by atoms with Crippen molar-refractivity contribution < 1.29 is 9.53 Å². The van der Waals surface area contributed by atoms with E-state index >= 15 is 0 Å². The van der Waals surface area contributed by atoms with Crippen LogP contribution >= 0.6 is 0 Å². The molecule has 3 heterocycles. The Balaban J connectivity index is 1.40. The van der Waals surface area contributed by atoms with Crippen LogP contribution in [-0.4, -0.2) is 78.4 Å². The number of nitrogens with zero attached hydrogens (tertiary/aromatic N) is 5. The monoisotopic (exact) mass is 527 g/mol. The van der Waals surface area contributed by atoms with Crippen LogP contribution in [0.2, 0.25) is 0 Å². The Labute approximate surface area is 230 Å². The first-order valence-electron chi connectivity index (χ1n) is 13.8. The molecule has 0 radical (unpaired) electrons. The molecule has 9 heteroatoms. The standard InChI is InChI=1S/C30H37N7O2/c1-19-22(18-31)6-5-7-24(19)20(2)33-29-26-17-28(32-4)27(16-25(26)21(3)34-35-29)30(38)37-10-8-23(9-11-37)36-12-14-39-15-13-36/h5-7,16-17,20,23,32H,8-15H2,1-4H3,(H,33,35)/t20-/m1/s1. The summed E-state index contributed by atoms with van der Waals surface area (Å²) in [5, 5.41) is 26.9. The van der Waals surface area contributed by atoms with Gasteiger partial charge in [0, 0.05) is 55.7 Å². The molecule has 9 nitrogen and oxygen atoms in total. The van der Waals surface area contributed by atoms with E-state index in [2.05, 4.69) is 31.8 Å². The molecule has 204 valence electrons. The van der Waals surface area contributed by atoms with Gasteiger partial charge in [-0.15, -0.1) is 5.10 Å². The summed E-state index contributed by atoms with van der Waals surface area (Å²) in [5.74, 6) is 0.691. The Morgan fingerprint density at radius 3 is 2.54 bits per heavy atom. The minimum atomic E-state index is -0.0920. The fraction of sp³-hybridized carbons (Fsp3) is 0.467. The van der Waals surface area contributed by atoms with Crippen molar-refractivity contribution in [3.8, 4) is 6.07 Å². The van der Waals surface area contributed by atoms with Gasteiger partial charge in [0.05, 0.1) is 42.1 Å². The molecule has 2 aromatic carbocycles. The van der Waals surface area contributed by atoms with Gasteiger partial charge in [0.25, 0.3) is 5.91 Å². The van der Waals surface area contributed by atoms with E-state index in [9.17, 15) is 10.1 Å². The number of piperidine rings is 1. The number of amides is 1. The number of carbonyl (C=O) groups excluding carboxylic acids is 1. The third-order valence-corrected chi connectivity index (χ3v) is 8.23. The number of aryl methyl sites for hydroxylation is 1. The molecule has 5 rings (SSSR count). The number of ether oxygens (including phenoxy) is 1. The topological polar surface area (TPSA) is 106 Å². The lowest BCUT2D eigenvalue weighted by Gasteiger charge is -2.40. The number of morpholine rings is 1. The van der Waals surface area contributed by atoms with Gasteiger partial charge in [-0.05, 0) is 62.9 Å². The number of nitrogens with one attached hydrogen (secondary N) is 2. The molecular formula is C30H37N7O2. The molecule has 0 bridgehead atoms. The number of hydrogen-bond donors (Lipinski definition) is 2. The average molecular weight is 528 g/mol. The van der Waals surface area contributed by atoms with Crippen molar-refractivity contribution in [1.29, 1.82) is 5.26 Å². The lowest BCUT2D eigenvalue weighted by Crippen LogP contribution is -2.50. The molecule has 0 spiro atoms. The van der Waals surface area contributed by atoms with Gasteiger partial charge in [-0.3, -0.25) is 9.69 Å². The quantitative estimate of drug-likeness (QED) is 0.490. The van der Waals surface area contributed by atoms with Gasteiger partial charge in [0.1, 0.15) is 0 Å². The van der Waals surface area contributed by atoms with Crippen LogP contribution in [0.3, 0.4) is 0 Å². The van der Waals surface area contributed by atoms with E-state index in [0.29, 0.717) is 23.0 Å². The van der Waals surface area contributed by atoms with Gasteiger partial charge < -0.3 is 20.3 Å². The molecule has 3 aromatic rings. The van der Waals surface area contributed by atoms with Crippen LogP contribution in [0, 0.1) is 25.2 Å². The number of aromatic nitrogens is 2. The molecule has 39 heavy (non-hydrogen) atoms. The van der Waals surface area contributed by atoms with Crippen molar-refractivity contribution in [3.05, 3.63) is 58.3 Å². The zero-order chi connectivity index (χ0) is 27.5. The third-order valence-electron chi connectivity index (χ3n) is 8.23. The number of likely N-dealkylation sites (tertiary alicyclic amines) is 1. The minimum Gasteiger partial charge on any atom is -0.387 e. The van der Waals surface area contributed by atoms with Crippen LogP contribution in [-0.2, 0) is 4.74 Å². The highest BCUT2D eigenvalue weighted by atomic mass is 16.5. The van der Waals surface area contributed by atoms with E-state index in [1.807, 2.05) is 63.1 Å². The normalized spacial score (nSPS) is 17.6. The predicted octanol–water partition coefficient (Wildman–Crippen LogP) is 4.27. The Morgan fingerprint density at radius 2 is 1.85 bits per heavy atom. The Kier molecular flexibility index (Phi) is 7.96. The van der Waals surface area contributed by atoms with Crippen molar-refractivity contribution in [2.75, 3.05) is 57.1 Å². The van der Waals surface area contributed by atoms with E-state index < -0.39 is 0 Å². The largest absolute Gasteiger partial charge is 0.387 e. The lowest BCUT2D eigenvalue weighted by molar-refractivity contribution is 0.00160. The van der Waals surface area contributed by atoms with E-state index in [1.165, 1.54) is 0 Å². The summed E-state index contributed by atoms with van der Waals surface area (Å²) in [4.78, 5) is 18.2. The summed E-state index contributed by atoms with van der Waals surface area (Å²) in [7, 11) is 1.84. The summed E-state index contributed by atoms with van der Waals surface area (Å²) in [6.07, 6.45) is 1.97. The first-order chi connectivity index (χ1) is 18.9. The molecule has 0 saturated carbocycles. The van der Waals surface area contributed by atoms with Gasteiger partial charge in [-0.25, -0.2) is 0 Å². The van der Waals surface area contributed by atoms with Crippen molar-refractivity contribution in [1.82, 2.24) is 20.0 Å². The maximum absolute atomic E-state index is 13.7. The smallest absolute Gasteiger partial charge is 0.255 e. The molecule has 1 amide bonds. The van der Waals surface area contributed by atoms with Gasteiger partial charge in [-0.2, -0.15) is 10.4 Å². The fourth-order valence-corrected chi connectivity index (χ4v) is 5.89. The molecule has 2 aliphatic rings. The average Bonchev–Trinajstić information content (AvgIpc) is 2.98. The second-order valence-corrected chi connectivity index (χ2v) is 10.5. The first-order valence-corrected chi connectivity index (χ1v) is 13.8. The fourth-order valence-electron chi connectivity index (χ4n) is 5.89. The molecule has 0 aliphatic carbocycles. The molecule has 1 aromatic heterocycles. The van der Waals surface area contributed by atoms with Crippen molar-refractivity contribution in [2.24, 2.45) is 0 Å². The van der Waals surface area contributed by atoms with Gasteiger partial charge >= 0.3 is 0 Å². The highest BCUT2D eigenvalue weighted by Gasteiger charge is 2.29. The first kappa shape index (κ1) is 26.9. The number of hydrogen-bond acceptors (Lipinski definition) is 8. The second kappa shape index (κ2) is 11.6. The maximum atomic E-state index is 13.7. The Hall–Kier alpha value is -3.74. The summed E-state index contributed by atoms with van der Waals surface area (Å²) < 4.78 is 5.51. The highest BCUT2D eigenvalue weighted by Crippen LogP contribution is 2.33. The summed E-state index contributed by atoms with van der Waals surface area (Å²) in [6, 6.07) is 12.4. The zero-order valence-corrected chi connectivity index (χ0v) is 23.3. The van der Waals surface area contributed by atoms with Crippen LogP contribution in [0.5, 0.6) is 0 Å². The summed E-state index contributed by atoms with van der Waals surface area (Å²) in [6.45, 7) is 11.0.